The Kier molecular flexibility index (Phi) is 1.58. The molecule has 44 valence electrons. The average molecular weight is 128 g/mol. The summed E-state index contributed by atoms with van der Waals surface area (Å²) in [6.07, 6.45) is 0. The van der Waals surface area contributed by atoms with E-state index in [2.05, 4.69) is 24.0 Å². The first kappa shape index (κ1) is 5.69. The molecule has 0 aromatic carbocycles. The van der Waals surface area contributed by atoms with Gasteiger partial charge in [-0.2, -0.15) is 0 Å². The first-order valence-electron chi connectivity index (χ1n) is 2.57. The molecular formula is C5H8N2S. The first-order chi connectivity index (χ1) is 3.80. The maximum absolute atomic E-state index is 3.88. The summed E-state index contributed by atoms with van der Waals surface area (Å²) in [5.74, 6) is 0.530. The summed E-state index contributed by atoms with van der Waals surface area (Å²) >= 11 is 1.61. The molecule has 8 heavy (non-hydrogen) atoms. The lowest BCUT2D eigenvalue weighted by molar-refractivity contribution is 0.825. The Morgan fingerprint density at radius 3 is 2.62 bits per heavy atom. The summed E-state index contributed by atoms with van der Waals surface area (Å²) in [5.41, 5.74) is 1.76. The summed E-state index contributed by atoms with van der Waals surface area (Å²) in [7, 11) is 0. The third-order valence-electron chi connectivity index (χ3n) is 0.871. The SMILES string of the molecule is CC(C)c1nncs1. The lowest BCUT2D eigenvalue weighted by Crippen LogP contribution is -1.83. The molecule has 3 heteroatoms. The molecule has 1 aromatic rings. The van der Waals surface area contributed by atoms with Gasteiger partial charge in [0.15, 0.2) is 0 Å². The van der Waals surface area contributed by atoms with Gasteiger partial charge >= 0.3 is 0 Å². The average Bonchev–Trinajstić information content (AvgIpc) is 2.12. The Labute approximate surface area is 52.6 Å². The number of nitrogens with zero attached hydrogens (tertiary/aromatic N) is 2. The van der Waals surface area contributed by atoms with E-state index >= 15 is 0 Å². The van der Waals surface area contributed by atoms with Gasteiger partial charge in [0.1, 0.15) is 10.5 Å². The molecule has 0 saturated heterocycles. The van der Waals surface area contributed by atoms with Gasteiger partial charge in [0.25, 0.3) is 0 Å². The Balaban J connectivity index is 2.77. The molecule has 0 amide bonds. The van der Waals surface area contributed by atoms with Crippen molar-refractivity contribution < 1.29 is 0 Å². The second-order valence-electron chi connectivity index (χ2n) is 1.93. The second kappa shape index (κ2) is 2.22. The van der Waals surface area contributed by atoms with Crippen molar-refractivity contribution in [3.8, 4) is 0 Å². The highest BCUT2D eigenvalue weighted by atomic mass is 32.1. The van der Waals surface area contributed by atoms with E-state index in [1.54, 1.807) is 16.8 Å². The second-order valence-corrected chi connectivity index (χ2v) is 2.80. The Bertz CT molecular complexity index is 145. The Morgan fingerprint density at radius 2 is 2.38 bits per heavy atom. The van der Waals surface area contributed by atoms with E-state index in [4.69, 9.17) is 0 Å². The van der Waals surface area contributed by atoms with Crippen molar-refractivity contribution >= 4 is 11.3 Å². The van der Waals surface area contributed by atoms with Crippen molar-refractivity contribution in [3.63, 3.8) is 0 Å². The topological polar surface area (TPSA) is 25.8 Å². The third kappa shape index (κ3) is 1.04. The number of rotatable bonds is 1. The van der Waals surface area contributed by atoms with Crippen LogP contribution in [0, 0.1) is 0 Å². The smallest absolute Gasteiger partial charge is 0.119 e. The summed E-state index contributed by atoms with van der Waals surface area (Å²) in [6.45, 7) is 4.22. The highest BCUT2D eigenvalue weighted by molar-refractivity contribution is 7.09. The predicted molar refractivity (Wildman–Crippen MR) is 34.0 cm³/mol. The van der Waals surface area contributed by atoms with Crippen LogP contribution in [0.5, 0.6) is 0 Å². The van der Waals surface area contributed by atoms with Crippen LogP contribution in [0.15, 0.2) is 5.51 Å². The molecule has 0 saturated carbocycles. The third-order valence-corrected chi connectivity index (χ3v) is 1.87. The Morgan fingerprint density at radius 1 is 1.62 bits per heavy atom. The molecule has 1 rings (SSSR count). The van der Waals surface area contributed by atoms with Crippen molar-refractivity contribution in [2.45, 2.75) is 19.8 Å². The van der Waals surface area contributed by atoms with Crippen LogP contribution >= 0.6 is 11.3 Å². The maximum Gasteiger partial charge on any atom is 0.119 e. The van der Waals surface area contributed by atoms with Crippen molar-refractivity contribution in [2.75, 3.05) is 0 Å². The minimum atomic E-state index is 0.530. The molecule has 0 aliphatic rings. The molecule has 0 bridgehead atoms. The minimum Gasteiger partial charge on any atom is -0.147 e. The van der Waals surface area contributed by atoms with E-state index in [1.807, 2.05) is 0 Å². The van der Waals surface area contributed by atoms with E-state index < -0.39 is 0 Å². The van der Waals surface area contributed by atoms with Gasteiger partial charge in [-0.05, 0) is 0 Å². The largest absolute Gasteiger partial charge is 0.147 e. The summed E-state index contributed by atoms with van der Waals surface area (Å²) in [4.78, 5) is 0. The first-order valence-corrected chi connectivity index (χ1v) is 3.44. The lowest BCUT2D eigenvalue weighted by atomic mass is 10.2. The van der Waals surface area contributed by atoms with Gasteiger partial charge in [-0.25, -0.2) is 0 Å². The molecular weight excluding hydrogens is 120 g/mol. The van der Waals surface area contributed by atoms with Crippen LogP contribution in [0.1, 0.15) is 24.8 Å². The Hall–Kier alpha value is -0.440. The van der Waals surface area contributed by atoms with Gasteiger partial charge in [-0.3, -0.25) is 0 Å². The lowest BCUT2D eigenvalue weighted by Gasteiger charge is -1.92. The predicted octanol–water partition coefficient (Wildman–Crippen LogP) is 1.66. The highest BCUT2D eigenvalue weighted by Crippen LogP contribution is 2.13. The van der Waals surface area contributed by atoms with E-state index in [-0.39, 0.29) is 0 Å². The highest BCUT2D eigenvalue weighted by Gasteiger charge is 1.99. The molecule has 0 radical (unpaired) electrons. The molecule has 1 heterocycles. The number of aromatic nitrogens is 2. The fourth-order valence-electron chi connectivity index (χ4n) is 0.433. The minimum absolute atomic E-state index is 0.530. The van der Waals surface area contributed by atoms with Crippen LogP contribution in [-0.2, 0) is 0 Å². The zero-order valence-corrected chi connectivity index (χ0v) is 5.77. The maximum atomic E-state index is 3.88. The van der Waals surface area contributed by atoms with Gasteiger partial charge in [-0.1, -0.05) is 13.8 Å². The molecule has 0 fully saturated rings. The van der Waals surface area contributed by atoms with Gasteiger partial charge in [0, 0.05) is 5.92 Å². The van der Waals surface area contributed by atoms with Crippen molar-refractivity contribution in [1.82, 2.24) is 10.2 Å². The molecule has 0 aliphatic carbocycles. The molecule has 0 spiro atoms. The van der Waals surface area contributed by atoms with Crippen molar-refractivity contribution in [2.24, 2.45) is 0 Å². The number of hydrogen-bond acceptors (Lipinski definition) is 3. The number of hydrogen-bond donors (Lipinski definition) is 0. The van der Waals surface area contributed by atoms with Crippen LogP contribution in [0.4, 0.5) is 0 Å². The van der Waals surface area contributed by atoms with Crippen molar-refractivity contribution in [3.05, 3.63) is 10.5 Å². The van der Waals surface area contributed by atoms with Crippen LogP contribution in [-0.4, -0.2) is 10.2 Å². The fraction of sp³-hybridized carbons (Fsp3) is 0.600. The van der Waals surface area contributed by atoms with E-state index in [1.165, 1.54) is 0 Å². The summed E-state index contributed by atoms with van der Waals surface area (Å²) in [6, 6.07) is 0. The zero-order valence-electron chi connectivity index (χ0n) is 4.96. The van der Waals surface area contributed by atoms with Crippen LogP contribution in [0.2, 0.25) is 0 Å². The van der Waals surface area contributed by atoms with Gasteiger partial charge in [0.05, 0.1) is 0 Å². The van der Waals surface area contributed by atoms with Crippen LogP contribution in [0.25, 0.3) is 0 Å². The fourth-order valence-corrected chi connectivity index (χ4v) is 1.00. The molecule has 0 unspecified atom stereocenters. The standard InChI is InChI=1S/C5H8N2S/c1-4(2)5-7-6-3-8-5/h3-4H,1-2H3. The quantitative estimate of drug-likeness (QED) is 0.575. The van der Waals surface area contributed by atoms with Gasteiger partial charge in [0.2, 0.25) is 0 Å². The zero-order chi connectivity index (χ0) is 5.98. The molecule has 0 atom stereocenters. The molecule has 0 N–H and O–H groups in total. The van der Waals surface area contributed by atoms with Gasteiger partial charge < -0.3 is 0 Å². The van der Waals surface area contributed by atoms with E-state index in [0.29, 0.717) is 5.92 Å². The monoisotopic (exact) mass is 128 g/mol. The van der Waals surface area contributed by atoms with E-state index in [9.17, 15) is 0 Å². The van der Waals surface area contributed by atoms with E-state index in [0.717, 1.165) is 5.01 Å². The molecule has 1 aromatic heterocycles. The summed E-state index contributed by atoms with van der Waals surface area (Å²) < 4.78 is 0. The summed E-state index contributed by atoms with van der Waals surface area (Å²) in [5, 5.41) is 8.71. The normalized spacial score (nSPS) is 10.4. The molecule has 0 aliphatic heterocycles. The van der Waals surface area contributed by atoms with Crippen LogP contribution in [0.3, 0.4) is 0 Å². The van der Waals surface area contributed by atoms with Gasteiger partial charge in [-0.15, -0.1) is 21.5 Å². The van der Waals surface area contributed by atoms with Crippen molar-refractivity contribution in [1.29, 1.82) is 0 Å². The van der Waals surface area contributed by atoms with Crippen LogP contribution < -0.4 is 0 Å². The molecule has 2 nitrogen and oxygen atoms in total.